The number of halogens is 1. The van der Waals surface area contributed by atoms with Crippen LogP contribution in [0.15, 0.2) is 18.2 Å². The van der Waals surface area contributed by atoms with Crippen molar-refractivity contribution >= 4 is 17.5 Å². The van der Waals surface area contributed by atoms with Crippen LogP contribution in [0.4, 0.5) is 0 Å². The van der Waals surface area contributed by atoms with Crippen molar-refractivity contribution in [1.82, 2.24) is 5.32 Å². The molecule has 0 bridgehead atoms. The molecule has 3 heteroatoms. The lowest BCUT2D eigenvalue weighted by atomic mass is 10.0. The van der Waals surface area contributed by atoms with Gasteiger partial charge in [0.15, 0.2) is 0 Å². The molecule has 1 aromatic rings. The molecule has 0 atom stereocenters. The van der Waals surface area contributed by atoms with E-state index in [1.54, 1.807) is 0 Å². The first-order chi connectivity index (χ1) is 6.79. The average Bonchev–Trinajstić information content (AvgIpc) is 2.37. The second-order valence-corrected chi connectivity index (χ2v) is 3.78. The van der Waals surface area contributed by atoms with Crippen LogP contribution in [0.25, 0.3) is 0 Å². The van der Waals surface area contributed by atoms with Crippen molar-refractivity contribution in [1.29, 1.82) is 0 Å². The van der Waals surface area contributed by atoms with Gasteiger partial charge in [0.05, 0.1) is 6.42 Å². The average molecular weight is 210 g/mol. The molecular formula is C11H12ClNO. The maximum absolute atomic E-state index is 11.3. The number of hydrogen-bond donors (Lipinski definition) is 1. The van der Waals surface area contributed by atoms with E-state index in [1.165, 1.54) is 5.56 Å². The van der Waals surface area contributed by atoms with Crippen molar-refractivity contribution in [2.45, 2.75) is 18.7 Å². The molecule has 2 rings (SSSR count). The van der Waals surface area contributed by atoms with Gasteiger partial charge < -0.3 is 5.32 Å². The van der Waals surface area contributed by atoms with Gasteiger partial charge in [-0.1, -0.05) is 18.2 Å². The number of rotatable bonds is 1. The van der Waals surface area contributed by atoms with Crippen molar-refractivity contribution in [3.63, 3.8) is 0 Å². The molecule has 0 fully saturated rings. The maximum atomic E-state index is 11.3. The lowest BCUT2D eigenvalue weighted by Crippen LogP contribution is -2.24. The van der Waals surface area contributed by atoms with Gasteiger partial charge in [-0.05, 0) is 23.1 Å². The largest absolute Gasteiger partial charge is 0.355 e. The van der Waals surface area contributed by atoms with Crippen molar-refractivity contribution in [2.75, 3.05) is 6.54 Å². The fraction of sp³-hybridized carbons (Fsp3) is 0.364. The first-order valence-electron chi connectivity index (χ1n) is 4.73. The minimum Gasteiger partial charge on any atom is -0.355 e. The number of carbonyl (C=O) groups excluding carboxylic acids is 1. The Kier molecular flexibility index (Phi) is 2.73. The summed E-state index contributed by atoms with van der Waals surface area (Å²) in [6.45, 7) is 0.742. The first-order valence-corrected chi connectivity index (χ1v) is 5.26. The molecule has 2 nitrogen and oxygen atoms in total. The third-order valence-electron chi connectivity index (χ3n) is 2.49. The summed E-state index contributed by atoms with van der Waals surface area (Å²) in [6.07, 6.45) is 1.41. The van der Waals surface area contributed by atoms with Gasteiger partial charge in [0, 0.05) is 12.4 Å². The van der Waals surface area contributed by atoms with Crippen LogP contribution in [-0.2, 0) is 23.5 Å². The SMILES string of the molecule is O=C1Cc2cc(CCl)ccc2CCN1. The van der Waals surface area contributed by atoms with Gasteiger partial charge in [0.1, 0.15) is 0 Å². The quantitative estimate of drug-likeness (QED) is 0.701. The van der Waals surface area contributed by atoms with Gasteiger partial charge in [-0.2, -0.15) is 0 Å². The van der Waals surface area contributed by atoms with E-state index in [-0.39, 0.29) is 5.91 Å². The second-order valence-electron chi connectivity index (χ2n) is 3.51. The molecule has 0 saturated carbocycles. The zero-order valence-corrected chi connectivity index (χ0v) is 8.60. The maximum Gasteiger partial charge on any atom is 0.224 e. The molecule has 1 amide bonds. The fourth-order valence-corrected chi connectivity index (χ4v) is 1.91. The molecular weight excluding hydrogens is 198 g/mol. The minimum atomic E-state index is 0.107. The Bertz CT molecular complexity index is 362. The molecule has 0 saturated heterocycles. The third-order valence-corrected chi connectivity index (χ3v) is 2.80. The van der Waals surface area contributed by atoms with E-state index < -0.39 is 0 Å². The third kappa shape index (κ3) is 1.90. The number of fused-ring (bicyclic) bond motifs is 1. The number of carbonyl (C=O) groups is 1. The van der Waals surface area contributed by atoms with Crippen molar-refractivity contribution in [3.8, 4) is 0 Å². The minimum absolute atomic E-state index is 0.107. The fourth-order valence-electron chi connectivity index (χ4n) is 1.74. The number of hydrogen-bond acceptors (Lipinski definition) is 1. The summed E-state index contributed by atoms with van der Waals surface area (Å²) in [5, 5.41) is 2.86. The lowest BCUT2D eigenvalue weighted by molar-refractivity contribution is -0.120. The van der Waals surface area contributed by atoms with E-state index in [0.29, 0.717) is 12.3 Å². The van der Waals surface area contributed by atoms with Gasteiger partial charge in [-0.25, -0.2) is 0 Å². The highest BCUT2D eigenvalue weighted by Gasteiger charge is 2.12. The van der Waals surface area contributed by atoms with Crippen LogP contribution in [-0.4, -0.2) is 12.5 Å². The molecule has 1 aromatic carbocycles. The highest BCUT2D eigenvalue weighted by Crippen LogP contribution is 2.16. The van der Waals surface area contributed by atoms with Gasteiger partial charge in [0.2, 0.25) is 5.91 Å². The normalized spacial score (nSPS) is 15.6. The van der Waals surface area contributed by atoms with Crippen LogP contribution in [0.3, 0.4) is 0 Å². The van der Waals surface area contributed by atoms with Crippen molar-refractivity contribution < 1.29 is 4.79 Å². The predicted molar refractivity (Wildman–Crippen MR) is 56.4 cm³/mol. The molecule has 1 aliphatic heterocycles. The van der Waals surface area contributed by atoms with E-state index in [4.69, 9.17) is 11.6 Å². The van der Waals surface area contributed by atoms with Crippen LogP contribution < -0.4 is 5.32 Å². The van der Waals surface area contributed by atoms with Gasteiger partial charge in [0.25, 0.3) is 0 Å². The Morgan fingerprint density at radius 1 is 1.36 bits per heavy atom. The molecule has 0 aliphatic carbocycles. The van der Waals surface area contributed by atoms with E-state index in [0.717, 1.165) is 24.1 Å². The number of amides is 1. The molecule has 0 spiro atoms. The van der Waals surface area contributed by atoms with Crippen molar-refractivity contribution in [2.24, 2.45) is 0 Å². The summed E-state index contributed by atoms with van der Waals surface area (Å²) < 4.78 is 0. The molecule has 1 heterocycles. The molecule has 0 unspecified atom stereocenters. The summed E-state index contributed by atoms with van der Waals surface area (Å²) in [4.78, 5) is 11.3. The topological polar surface area (TPSA) is 29.1 Å². The van der Waals surface area contributed by atoms with E-state index in [9.17, 15) is 4.79 Å². The number of alkyl halides is 1. The smallest absolute Gasteiger partial charge is 0.224 e. The molecule has 1 aliphatic rings. The Morgan fingerprint density at radius 2 is 2.21 bits per heavy atom. The Labute approximate surface area is 88.3 Å². The van der Waals surface area contributed by atoms with Crippen LogP contribution >= 0.6 is 11.6 Å². The van der Waals surface area contributed by atoms with Crippen LogP contribution in [0.5, 0.6) is 0 Å². The van der Waals surface area contributed by atoms with Crippen LogP contribution in [0, 0.1) is 0 Å². The van der Waals surface area contributed by atoms with Gasteiger partial charge in [-0.3, -0.25) is 4.79 Å². The van der Waals surface area contributed by atoms with Crippen LogP contribution in [0.1, 0.15) is 16.7 Å². The van der Waals surface area contributed by atoms with E-state index in [2.05, 4.69) is 11.4 Å². The summed E-state index contributed by atoms with van der Waals surface area (Å²) in [6, 6.07) is 6.14. The molecule has 0 aromatic heterocycles. The number of benzene rings is 1. The van der Waals surface area contributed by atoms with Gasteiger partial charge >= 0.3 is 0 Å². The number of nitrogens with one attached hydrogen (secondary N) is 1. The standard InChI is InChI=1S/C11H12ClNO/c12-7-8-1-2-9-3-4-13-11(14)6-10(9)5-8/h1-2,5H,3-4,6-7H2,(H,13,14). The molecule has 74 valence electrons. The van der Waals surface area contributed by atoms with Crippen LogP contribution in [0.2, 0.25) is 0 Å². The predicted octanol–water partition coefficient (Wildman–Crippen LogP) is 1.64. The lowest BCUT2D eigenvalue weighted by Gasteiger charge is -2.05. The molecule has 1 N–H and O–H groups in total. The summed E-state index contributed by atoms with van der Waals surface area (Å²) >= 11 is 5.75. The summed E-state index contributed by atoms with van der Waals surface area (Å²) in [5.41, 5.74) is 3.47. The zero-order chi connectivity index (χ0) is 9.97. The zero-order valence-electron chi connectivity index (χ0n) is 7.85. The molecule has 14 heavy (non-hydrogen) atoms. The highest BCUT2D eigenvalue weighted by atomic mass is 35.5. The highest BCUT2D eigenvalue weighted by molar-refractivity contribution is 6.17. The van der Waals surface area contributed by atoms with E-state index >= 15 is 0 Å². The summed E-state index contributed by atoms with van der Waals surface area (Å²) in [5.74, 6) is 0.616. The summed E-state index contributed by atoms with van der Waals surface area (Å²) in [7, 11) is 0. The Balaban J connectivity index is 2.36. The Hall–Kier alpha value is -1.02. The monoisotopic (exact) mass is 209 g/mol. The first kappa shape index (κ1) is 9.53. The second kappa shape index (κ2) is 4.01. The Morgan fingerprint density at radius 3 is 3.00 bits per heavy atom. The van der Waals surface area contributed by atoms with Crippen molar-refractivity contribution in [3.05, 3.63) is 34.9 Å². The van der Waals surface area contributed by atoms with Gasteiger partial charge in [-0.15, -0.1) is 11.6 Å². The molecule has 0 radical (unpaired) electrons. The van der Waals surface area contributed by atoms with E-state index in [1.807, 2.05) is 12.1 Å².